The number of likely N-dealkylation sites (tertiary alicyclic amines) is 1. The zero-order chi connectivity index (χ0) is 12.8. The first kappa shape index (κ1) is 11.8. The van der Waals surface area contributed by atoms with Gasteiger partial charge in [0.05, 0.1) is 6.04 Å². The van der Waals surface area contributed by atoms with Gasteiger partial charge in [0, 0.05) is 5.56 Å². The summed E-state index contributed by atoms with van der Waals surface area (Å²) in [6.07, 6.45) is 1.82. The quantitative estimate of drug-likeness (QED) is 0.587. The fourth-order valence-electron chi connectivity index (χ4n) is 3.25. The number of likely N-dealkylation sites (N-methyl/N-ethyl adjacent to an activating group) is 1. The Morgan fingerprint density at radius 2 is 2.06 bits per heavy atom. The van der Waals surface area contributed by atoms with Crippen molar-refractivity contribution in [3.8, 4) is 0 Å². The van der Waals surface area contributed by atoms with E-state index in [1.54, 1.807) is 0 Å². The van der Waals surface area contributed by atoms with Gasteiger partial charge in [-0.2, -0.15) is 0 Å². The van der Waals surface area contributed by atoms with Crippen LogP contribution in [0, 0.1) is 5.21 Å². The van der Waals surface area contributed by atoms with Gasteiger partial charge in [-0.1, -0.05) is 30.3 Å². The average molecular weight is 246 g/mol. The van der Waals surface area contributed by atoms with Crippen molar-refractivity contribution in [2.24, 2.45) is 0 Å². The van der Waals surface area contributed by atoms with Crippen molar-refractivity contribution in [3.63, 3.8) is 0 Å². The van der Waals surface area contributed by atoms with Gasteiger partial charge in [0.2, 0.25) is 0 Å². The van der Waals surface area contributed by atoms with E-state index in [1.807, 2.05) is 37.4 Å². The van der Waals surface area contributed by atoms with Crippen LogP contribution in [-0.4, -0.2) is 41.1 Å². The molecule has 3 atom stereocenters. The Balaban J connectivity index is 1.85. The number of benzene rings is 1. The highest BCUT2D eigenvalue weighted by Crippen LogP contribution is 2.34. The molecule has 2 aliphatic rings. The number of quaternary nitrogens is 1. The van der Waals surface area contributed by atoms with Crippen LogP contribution in [0.4, 0.5) is 0 Å². The molecule has 3 rings (SSSR count). The van der Waals surface area contributed by atoms with Gasteiger partial charge in [0.15, 0.2) is 0 Å². The molecule has 1 amide bonds. The van der Waals surface area contributed by atoms with Crippen LogP contribution in [0.2, 0.25) is 0 Å². The Morgan fingerprint density at radius 3 is 2.78 bits per heavy atom. The minimum Gasteiger partial charge on any atom is -0.625 e. The number of nitrogens with zero attached hydrogens (tertiary/aromatic N) is 2. The van der Waals surface area contributed by atoms with Crippen molar-refractivity contribution in [1.82, 2.24) is 4.90 Å². The van der Waals surface area contributed by atoms with E-state index in [2.05, 4.69) is 4.90 Å². The highest BCUT2D eigenvalue weighted by atomic mass is 16.6. The summed E-state index contributed by atoms with van der Waals surface area (Å²) in [6, 6.07) is 9.71. The maximum atomic E-state index is 12.8. The Morgan fingerprint density at radius 1 is 1.33 bits per heavy atom. The van der Waals surface area contributed by atoms with E-state index >= 15 is 0 Å². The van der Waals surface area contributed by atoms with E-state index in [0.717, 1.165) is 18.4 Å². The van der Waals surface area contributed by atoms with E-state index in [-0.39, 0.29) is 24.5 Å². The van der Waals surface area contributed by atoms with Gasteiger partial charge in [0.25, 0.3) is 0 Å². The molecule has 2 saturated heterocycles. The normalized spacial score (nSPS) is 36.0. The van der Waals surface area contributed by atoms with E-state index in [1.165, 1.54) is 0 Å². The molecule has 0 radical (unpaired) electrons. The summed E-state index contributed by atoms with van der Waals surface area (Å²) >= 11 is 0. The number of hydrogen-bond acceptors (Lipinski definition) is 3. The topological polar surface area (TPSA) is 43.4 Å². The van der Waals surface area contributed by atoms with E-state index in [4.69, 9.17) is 0 Å². The van der Waals surface area contributed by atoms with Crippen molar-refractivity contribution in [1.29, 1.82) is 0 Å². The molecule has 0 saturated carbocycles. The predicted octanol–water partition coefficient (Wildman–Crippen LogP) is 1.50. The first-order valence-electron chi connectivity index (χ1n) is 6.48. The van der Waals surface area contributed by atoms with Crippen molar-refractivity contribution in [2.45, 2.75) is 31.5 Å². The van der Waals surface area contributed by atoms with Crippen molar-refractivity contribution in [2.75, 3.05) is 13.6 Å². The first-order valence-corrected chi connectivity index (χ1v) is 6.48. The number of hydroxylamine groups is 3. The van der Waals surface area contributed by atoms with Gasteiger partial charge < -0.3 is 5.21 Å². The third kappa shape index (κ3) is 1.77. The number of hydrogen-bond donors (Lipinski definition) is 0. The third-order valence-corrected chi connectivity index (χ3v) is 4.31. The molecule has 2 heterocycles. The lowest BCUT2D eigenvalue weighted by Crippen LogP contribution is -2.63. The summed E-state index contributed by atoms with van der Waals surface area (Å²) in [5.74, 6) is -0.157. The number of carbonyl (C=O) groups excluding carboxylic acids is 1. The van der Waals surface area contributed by atoms with Gasteiger partial charge in [-0.05, 0) is 19.9 Å². The molecule has 1 aromatic carbocycles. The lowest BCUT2D eigenvalue weighted by atomic mass is 10.1. The SMILES string of the molecule is CN1C2CCC1C(=O)[N+]([O-])(Cc1ccccc1)C2. The lowest BCUT2D eigenvalue weighted by Gasteiger charge is -2.48. The van der Waals surface area contributed by atoms with E-state index < -0.39 is 4.65 Å². The van der Waals surface area contributed by atoms with E-state index in [9.17, 15) is 10.0 Å². The molecule has 4 heteroatoms. The Hall–Kier alpha value is -1.23. The Bertz CT molecular complexity index is 462. The molecule has 1 aromatic rings. The third-order valence-electron chi connectivity index (χ3n) is 4.31. The monoisotopic (exact) mass is 246 g/mol. The van der Waals surface area contributed by atoms with Gasteiger partial charge in [-0.15, -0.1) is 0 Å². The standard InChI is InChI=1S/C14H18N2O2/c1-15-12-7-8-13(15)14(17)16(18,10-12)9-11-5-3-2-4-6-11/h2-6,12-13H,7-10H2,1H3. The number of carbonyl (C=O) groups is 1. The van der Waals surface area contributed by atoms with Crippen LogP contribution in [0.5, 0.6) is 0 Å². The zero-order valence-corrected chi connectivity index (χ0v) is 10.6. The second-order valence-corrected chi connectivity index (χ2v) is 5.47. The molecule has 0 aromatic heterocycles. The minimum atomic E-state index is -0.677. The van der Waals surface area contributed by atoms with E-state index in [0.29, 0.717) is 6.54 Å². The largest absolute Gasteiger partial charge is 0.625 e. The summed E-state index contributed by atoms with van der Waals surface area (Å²) in [7, 11) is 1.96. The molecule has 2 bridgehead atoms. The molecule has 2 fully saturated rings. The van der Waals surface area contributed by atoms with Gasteiger partial charge in [-0.3, -0.25) is 9.55 Å². The molecule has 4 nitrogen and oxygen atoms in total. The molecule has 0 N–H and O–H groups in total. The number of rotatable bonds is 2. The molecule has 2 aliphatic heterocycles. The van der Waals surface area contributed by atoms with Crippen LogP contribution in [0.3, 0.4) is 0 Å². The first-order chi connectivity index (χ1) is 8.60. The molecular weight excluding hydrogens is 228 g/mol. The molecular formula is C14H18N2O2. The zero-order valence-electron chi connectivity index (χ0n) is 10.6. The summed E-state index contributed by atoms with van der Waals surface area (Å²) < 4.78 is -0.677. The lowest BCUT2D eigenvalue weighted by molar-refractivity contribution is -0.825. The fourth-order valence-corrected chi connectivity index (χ4v) is 3.25. The number of fused-ring (bicyclic) bond motifs is 2. The van der Waals surface area contributed by atoms with Crippen LogP contribution >= 0.6 is 0 Å². The van der Waals surface area contributed by atoms with Crippen LogP contribution in [0.1, 0.15) is 18.4 Å². The van der Waals surface area contributed by atoms with Crippen molar-refractivity contribution in [3.05, 3.63) is 41.1 Å². The Kier molecular flexibility index (Phi) is 2.73. The second-order valence-electron chi connectivity index (χ2n) is 5.47. The number of amides is 1. The van der Waals surface area contributed by atoms with Crippen LogP contribution in [0.15, 0.2) is 30.3 Å². The maximum Gasteiger partial charge on any atom is 0.331 e. The summed E-state index contributed by atoms with van der Waals surface area (Å²) in [6.45, 7) is 0.682. The second kappa shape index (κ2) is 4.16. The predicted molar refractivity (Wildman–Crippen MR) is 68.2 cm³/mol. The van der Waals surface area contributed by atoms with Gasteiger partial charge in [-0.25, -0.2) is 4.79 Å². The minimum absolute atomic E-state index is 0.157. The number of piperazine rings is 1. The van der Waals surface area contributed by atoms with Crippen LogP contribution < -0.4 is 0 Å². The van der Waals surface area contributed by atoms with Crippen LogP contribution in [0.25, 0.3) is 0 Å². The highest BCUT2D eigenvalue weighted by molar-refractivity contribution is 5.77. The summed E-state index contributed by atoms with van der Waals surface area (Å²) in [5.41, 5.74) is 0.949. The summed E-state index contributed by atoms with van der Waals surface area (Å²) in [5, 5.41) is 12.8. The van der Waals surface area contributed by atoms with Crippen molar-refractivity contribution >= 4 is 5.91 Å². The molecule has 0 aliphatic carbocycles. The van der Waals surface area contributed by atoms with Gasteiger partial charge in [0.1, 0.15) is 19.1 Å². The summed E-state index contributed by atoms with van der Waals surface area (Å²) in [4.78, 5) is 14.4. The van der Waals surface area contributed by atoms with Crippen molar-refractivity contribution < 1.29 is 9.44 Å². The smallest absolute Gasteiger partial charge is 0.331 e. The fraction of sp³-hybridized carbons (Fsp3) is 0.500. The maximum absolute atomic E-state index is 12.8. The average Bonchev–Trinajstić information content (AvgIpc) is 2.64. The molecule has 0 spiro atoms. The highest BCUT2D eigenvalue weighted by Gasteiger charge is 2.50. The van der Waals surface area contributed by atoms with Crippen LogP contribution in [-0.2, 0) is 11.3 Å². The molecule has 96 valence electrons. The molecule has 18 heavy (non-hydrogen) atoms. The molecule has 3 unspecified atom stereocenters. The van der Waals surface area contributed by atoms with Gasteiger partial charge >= 0.3 is 5.91 Å². The Labute approximate surface area is 107 Å².